The van der Waals surface area contributed by atoms with Crippen molar-refractivity contribution in [3.8, 4) is 0 Å². The van der Waals surface area contributed by atoms with Gasteiger partial charge in [-0.3, -0.25) is 4.79 Å². The molecule has 0 bridgehead atoms. The SMILES string of the molecule is CCCNc1ccc(Cl)c(C(=O)NC2CCCCC2)n1. The van der Waals surface area contributed by atoms with Crippen molar-refractivity contribution in [1.29, 1.82) is 0 Å². The van der Waals surface area contributed by atoms with Crippen LogP contribution in [-0.4, -0.2) is 23.5 Å². The number of aromatic nitrogens is 1. The molecule has 0 saturated heterocycles. The lowest BCUT2D eigenvalue weighted by atomic mass is 9.95. The molecular weight excluding hydrogens is 274 g/mol. The van der Waals surface area contributed by atoms with Gasteiger partial charge in [-0.1, -0.05) is 37.8 Å². The summed E-state index contributed by atoms with van der Waals surface area (Å²) in [5.74, 6) is 0.534. The van der Waals surface area contributed by atoms with Crippen LogP contribution < -0.4 is 10.6 Å². The van der Waals surface area contributed by atoms with Crippen molar-refractivity contribution >= 4 is 23.3 Å². The average Bonchev–Trinajstić information content (AvgIpc) is 2.47. The van der Waals surface area contributed by atoms with Crippen molar-refractivity contribution in [2.75, 3.05) is 11.9 Å². The summed E-state index contributed by atoms with van der Waals surface area (Å²) in [4.78, 5) is 16.6. The van der Waals surface area contributed by atoms with Gasteiger partial charge in [0.05, 0.1) is 5.02 Å². The van der Waals surface area contributed by atoms with E-state index in [-0.39, 0.29) is 11.9 Å². The molecule has 20 heavy (non-hydrogen) atoms. The second-order valence-electron chi connectivity index (χ2n) is 5.26. The van der Waals surface area contributed by atoms with Gasteiger partial charge in [-0.05, 0) is 31.4 Å². The monoisotopic (exact) mass is 295 g/mol. The number of nitrogens with zero attached hydrogens (tertiary/aromatic N) is 1. The summed E-state index contributed by atoms with van der Waals surface area (Å²) >= 11 is 6.09. The second kappa shape index (κ2) is 7.48. The number of carbonyl (C=O) groups excluding carboxylic acids is 1. The van der Waals surface area contributed by atoms with E-state index in [0.717, 1.165) is 25.8 Å². The van der Waals surface area contributed by atoms with Crippen LogP contribution in [0.4, 0.5) is 5.82 Å². The Balaban J connectivity index is 2.03. The minimum atomic E-state index is -0.165. The number of rotatable bonds is 5. The molecule has 0 aromatic carbocycles. The van der Waals surface area contributed by atoms with Gasteiger partial charge < -0.3 is 10.6 Å². The van der Waals surface area contributed by atoms with Crippen LogP contribution in [0.3, 0.4) is 0 Å². The van der Waals surface area contributed by atoms with Crippen LogP contribution in [0.25, 0.3) is 0 Å². The predicted octanol–water partition coefficient (Wildman–Crippen LogP) is 3.62. The molecule has 1 amide bonds. The van der Waals surface area contributed by atoms with Crippen LogP contribution in [0, 0.1) is 0 Å². The smallest absolute Gasteiger partial charge is 0.271 e. The Bertz CT molecular complexity index is 458. The van der Waals surface area contributed by atoms with E-state index in [1.807, 2.05) is 0 Å². The van der Waals surface area contributed by atoms with Crippen molar-refractivity contribution in [3.05, 3.63) is 22.8 Å². The van der Waals surface area contributed by atoms with E-state index < -0.39 is 0 Å². The molecule has 1 heterocycles. The minimum absolute atomic E-state index is 0.165. The summed E-state index contributed by atoms with van der Waals surface area (Å²) in [5, 5.41) is 6.62. The van der Waals surface area contributed by atoms with E-state index in [2.05, 4.69) is 22.5 Å². The summed E-state index contributed by atoms with van der Waals surface area (Å²) in [6, 6.07) is 3.79. The third-order valence-electron chi connectivity index (χ3n) is 3.56. The number of carbonyl (C=O) groups is 1. The molecule has 110 valence electrons. The van der Waals surface area contributed by atoms with E-state index in [1.54, 1.807) is 12.1 Å². The largest absolute Gasteiger partial charge is 0.370 e. The van der Waals surface area contributed by atoms with Crippen LogP contribution in [0.15, 0.2) is 12.1 Å². The molecule has 1 aromatic rings. The number of nitrogens with one attached hydrogen (secondary N) is 2. The topological polar surface area (TPSA) is 54.0 Å². The van der Waals surface area contributed by atoms with Crippen molar-refractivity contribution in [2.24, 2.45) is 0 Å². The predicted molar refractivity (Wildman–Crippen MR) is 82.4 cm³/mol. The maximum absolute atomic E-state index is 12.3. The fraction of sp³-hybridized carbons (Fsp3) is 0.600. The third kappa shape index (κ3) is 4.10. The van der Waals surface area contributed by atoms with Crippen LogP contribution >= 0.6 is 11.6 Å². The molecule has 1 aliphatic rings. The Kier molecular flexibility index (Phi) is 5.65. The highest BCUT2D eigenvalue weighted by atomic mass is 35.5. The number of anilines is 1. The maximum atomic E-state index is 12.3. The molecule has 0 aliphatic heterocycles. The van der Waals surface area contributed by atoms with Crippen molar-refractivity contribution in [3.63, 3.8) is 0 Å². The van der Waals surface area contributed by atoms with Crippen LogP contribution in [-0.2, 0) is 0 Å². The molecular formula is C15H22ClN3O. The number of hydrogen-bond acceptors (Lipinski definition) is 3. The van der Waals surface area contributed by atoms with Crippen molar-refractivity contribution < 1.29 is 4.79 Å². The highest BCUT2D eigenvalue weighted by Gasteiger charge is 2.19. The quantitative estimate of drug-likeness (QED) is 0.872. The standard InChI is InChI=1S/C15H22ClN3O/c1-2-10-17-13-9-8-12(16)14(19-13)15(20)18-11-6-4-3-5-7-11/h8-9,11H,2-7,10H2,1H3,(H,17,19)(H,18,20). The van der Waals surface area contributed by atoms with Crippen molar-refractivity contribution in [2.45, 2.75) is 51.5 Å². The van der Waals surface area contributed by atoms with Crippen LogP contribution in [0.1, 0.15) is 55.9 Å². The molecule has 1 fully saturated rings. The summed E-state index contributed by atoms with van der Waals surface area (Å²) in [6.45, 7) is 2.91. The first-order valence-electron chi connectivity index (χ1n) is 7.42. The zero-order chi connectivity index (χ0) is 14.4. The first-order chi connectivity index (χ1) is 9.70. The molecule has 1 saturated carbocycles. The molecule has 0 unspecified atom stereocenters. The minimum Gasteiger partial charge on any atom is -0.370 e. The van der Waals surface area contributed by atoms with E-state index >= 15 is 0 Å². The van der Waals surface area contributed by atoms with Crippen LogP contribution in [0.5, 0.6) is 0 Å². The Morgan fingerprint density at radius 3 is 2.80 bits per heavy atom. The normalized spacial score (nSPS) is 15.9. The first-order valence-corrected chi connectivity index (χ1v) is 7.79. The van der Waals surface area contributed by atoms with Gasteiger partial charge in [0.25, 0.3) is 5.91 Å². The molecule has 1 aliphatic carbocycles. The second-order valence-corrected chi connectivity index (χ2v) is 5.67. The molecule has 2 N–H and O–H groups in total. The third-order valence-corrected chi connectivity index (χ3v) is 3.86. The Morgan fingerprint density at radius 2 is 2.10 bits per heavy atom. The molecule has 1 aromatic heterocycles. The number of halogens is 1. The van der Waals surface area contributed by atoms with Gasteiger partial charge >= 0.3 is 0 Å². The fourth-order valence-electron chi connectivity index (χ4n) is 2.45. The zero-order valence-electron chi connectivity index (χ0n) is 11.9. The van der Waals surface area contributed by atoms with Gasteiger partial charge in [0.15, 0.2) is 0 Å². The Hall–Kier alpha value is -1.29. The van der Waals surface area contributed by atoms with E-state index in [1.165, 1.54) is 19.3 Å². The highest BCUT2D eigenvalue weighted by Crippen LogP contribution is 2.20. The first kappa shape index (κ1) is 15.1. The van der Waals surface area contributed by atoms with Gasteiger partial charge in [-0.2, -0.15) is 0 Å². The van der Waals surface area contributed by atoms with Gasteiger partial charge in [0.1, 0.15) is 11.5 Å². The highest BCUT2D eigenvalue weighted by molar-refractivity contribution is 6.33. The van der Waals surface area contributed by atoms with Gasteiger partial charge in [0.2, 0.25) is 0 Å². The molecule has 5 heteroatoms. The lowest BCUT2D eigenvalue weighted by Gasteiger charge is -2.22. The van der Waals surface area contributed by atoms with E-state index in [9.17, 15) is 4.79 Å². The summed E-state index contributed by atoms with van der Waals surface area (Å²) in [6.07, 6.45) is 6.75. The molecule has 0 spiro atoms. The van der Waals surface area contributed by atoms with Gasteiger partial charge in [0, 0.05) is 12.6 Å². The number of hydrogen-bond donors (Lipinski definition) is 2. The maximum Gasteiger partial charge on any atom is 0.271 e. The molecule has 4 nitrogen and oxygen atoms in total. The summed E-state index contributed by atoms with van der Waals surface area (Å²) < 4.78 is 0. The van der Waals surface area contributed by atoms with Gasteiger partial charge in [-0.25, -0.2) is 4.98 Å². The Morgan fingerprint density at radius 1 is 1.35 bits per heavy atom. The lowest BCUT2D eigenvalue weighted by Crippen LogP contribution is -2.36. The molecule has 0 atom stereocenters. The van der Waals surface area contributed by atoms with E-state index in [4.69, 9.17) is 11.6 Å². The van der Waals surface area contributed by atoms with Crippen molar-refractivity contribution in [1.82, 2.24) is 10.3 Å². The number of pyridine rings is 1. The lowest BCUT2D eigenvalue weighted by molar-refractivity contribution is 0.0923. The van der Waals surface area contributed by atoms with Crippen LogP contribution in [0.2, 0.25) is 5.02 Å². The van der Waals surface area contributed by atoms with E-state index in [0.29, 0.717) is 16.5 Å². The zero-order valence-corrected chi connectivity index (χ0v) is 12.7. The molecule has 0 radical (unpaired) electrons. The number of amides is 1. The summed E-state index contributed by atoms with van der Waals surface area (Å²) in [5.41, 5.74) is 0.318. The van der Waals surface area contributed by atoms with Gasteiger partial charge in [-0.15, -0.1) is 0 Å². The average molecular weight is 296 g/mol. The molecule has 2 rings (SSSR count). The fourth-order valence-corrected chi connectivity index (χ4v) is 2.64. The summed E-state index contributed by atoms with van der Waals surface area (Å²) in [7, 11) is 0. The Labute approximate surface area is 125 Å².